The largest absolute Gasteiger partial charge is 0.476 e. The van der Waals surface area contributed by atoms with Gasteiger partial charge in [-0.1, -0.05) is 96.2 Å². The Kier molecular flexibility index (Phi) is 7.41. The molecule has 4 rings (SSSR count). The Morgan fingerprint density at radius 3 is 1.83 bits per heavy atom. The number of hydrogen-bond donors (Lipinski definition) is 3. The van der Waals surface area contributed by atoms with Crippen LogP contribution in [0.15, 0.2) is 102 Å². The van der Waals surface area contributed by atoms with Gasteiger partial charge in [-0.3, -0.25) is 4.79 Å². The lowest BCUT2D eigenvalue weighted by molar-refractivity contribution is -0.131. The normalized spacial score (nSPS) is 12.5. The third-order valence-corrected chi connectivity index (χ3v) is 6.32. The molecule has 36 heavy (non-hydrogen) atoms. The van der Waals surface area contributed by atoms with Gasteiger partial charge in [0, 0.05) is 5.38 Å². The summed E-state index contributed by atoms with van der Waals surface area (Å²) < 4.78 is 0. The van der Waals surface area contributed by atoms with Crippen molar-refractivity contribution in [3.63, 3.8) is 0 Å². The van der Waals surface area contributed by atoms with Gasteiger partial charge in [-0.2, -0.15) is 0 Å². The van der Waals surface area contributed by atoms with Crippen molar-refractivity contribution in [2.45, 2.75) is 18.6 Å². The van der Waals surface area contributed by atoms with E-state index in [1.54, 1.807) is 5.38 Å². The van der Waals surface area contributed by atoms with Crippen molar-refractivity contribution in [1.82, 2.24) is 4.98 Å². The molecular formula is C27H24N4O4S. The minimum atomic E-state index is -1.34. The number of carboxylic acid groups (broad SMARTS) is 1. The fourth-order valence-corrected chi connectivity index (χ4v) is 4.51. The first-order valence-corrected chi connectivity index (χ1v) is 12.0. The van der Waals surface area contributed by atoms with E-state index in [0.717, 1.165) is 16.7 Å². The molecule has 1 unspecified atom stereocenters. The van der Waals surface area contributed by atoms with Crippen LogP contribution in [0.25, 0.3) is 0 Å². The molecule has 0 spiro atoms. The van der Waals surface area contributed by atoms with Crippen LogP contribution in [0.4, 0.5) is 5.13 Å². The number of hydrogen-bond acceptors (Lipinski definition) is 7. The summed E-state index contributed by atoms with van der Waals surface area (Å²) in [4.78, 5) is 32.6. The first-order chi connectivity index (χ1) is 17.4. The highest BCUT2D eigenvalue weighted by atomic mass is 32.1. The number of nitrogens with one attached hydrogen (secondary N) is 1. The van der Waals surface area contributed by atoms with Gasteiger partial charge in [-0.05, 0) is 23.6 Å². The lowest BCUT2D eigenvalue weighted by Gasteiger charge is -2.36. The van der Waals surface area contributed by atoms with Crippen molar-refractivity contribution >= 4 is 34.1 Å². The second-order valence-corrected chi connectivity index (χ2v) is 8.76. The Bertz CT molecular complexity index is 1260. The highest BCUT2D eigenvalue weighted by Crippen LogP contribution is 2.40. The number of carbonyl (C=O) groups excluding carboxylic acids is 1. The quantitative estimate of drug-likeness (QED) is 0.170. The number of primary amides is 1. The summed E-state index contributed by atoms with van der Waals surface area (Å²) >= 11 is 1.23. The van der Waals surface area contributed by atoms with Gasteiger partial charge >= 0.3 is 5.97 Å². The van der Waals surface area contributed by atoms with Crippen molar-refractivity contribution in [3.05, 3.63) is 119 Å². The standard InChI is InChI=1S/C27H24N4O4S/c1-18(24(28)32)35-31-23(25(33)34)22-17-36-26(29-22)30-27(19-11-5-2-6-12-19,20-13-7-3-8-14-20)21-15-9-4-10-16-21/h2-18H,1H3,(H2,28,32)(H,29,30)(H,33,34). The SMILES string of the molecule is CC(ON=C(C(=O)O)c1csc(NC(c2ccccc2)(c2ccccc2)c2ccccc2)n1)C(N)=O. The molecule has 9 heteroatoms. The fourth-order valence-electron chi connectivity index (χ4n) is 3.76. The molecule has 4 aromatic rings. The van der Waals surface area contributed by atoms with E-state index in [2.05, 4.69) is 15.5 Å². The number of carbonyl (C=O) groups is 2. The fraction of sp³-hybridized carbons (Fsp3) is 0.111. The van der Waals surface area contributed by atoms with Gasteiger partial charge < -0.3 is 21.0 Å². The van der Waals surface area contributed by atoms with Gasteiger partial charge in [0.2, 0.25) is 11.8 Å². The molecular weight excluding hydrogens is 476 g/mol. The molecule has 0 saturated heterocycles. The molecule has 0 aliphatic carbocycles. The predicted octanol–water partition coefficient (Wildman–Crippen LogP) is 4.23. The maximum absolute atomic E-state index is 11.9. The monoisotopic (exact) mass is 500 g/mol. The van der Waals surface area contributed by atoms with Gasteiger partial charge in [-0.15, -0.1) is 11.3 Å². The van der Waals surface area contributed by atoms with E-state index in [1.807, 2.05) is 91.0 Å². The average molecular weight is 501 g/mol. The van der Waals surface area contributed by atoms with Crippen molar-refractivity contribution < 1.29 is 19.5 Å². The molecule has 1 amide bonds. The molecule has 0 fully saturated rings. The molecule has 1 aromatic heterocycles. The highest BCUT2D eigenvalue weighted by molar-refractivity contribution is 7.14. The summed E-state index contributed by atoms with van der Waals surface area (Å²) in [6.45, 7) is 1.38. The summed E-state index contributed by atoms with van der Waals surface area (Å²) in [7, 11) is 0. The molecule has 0 aliphatic heterocycles. The van der Waals surface area contributed by atoms with Gasteiger partial charge in [0.25, 0.3) is 5.91 Å². The molecule has 3 aromatic carbocycles. The zero-order valence-electron chi connectivity index (χ0n) is 19.4. The van der Waals surface area contributed by atoms with Crippen molar-refractivity contribution in [2.75, 3.05) is 5.32 Å². The number of benzene rings is 3. The molecule has 0 radical (unpaired) electrons. The summed E-state index contributed by atoms with van der Waals surface area (Å²) in [5, 5.41) is 18.9. The van der Waals surface area contributed by atoms with E-state index in [1.165, 1.54) is 18.3 Å². The number of oxime groups is 1. The maximum atomic E-state index is 11.9. The molecule has 1 heterocycles. The van der Waals surface area contributed by atoms with E-state index in [0.29, 0.717) is 5.13 Å². The van der Waals surface area contributed by atoms with E-state index < -0.39 is 29.2 Å². The number of thiazole rings is 1. The average Bonchev–Trinajstić information content (AvgIpc) is 3.36. The van der Waals surface area contributed by atoms with Crippen LogP contribution in [0.2, 0.25) is 0 Å². The number of nitrogens with two attached hydrogens (primary N) is 1. The first-order valence-electron chi connectivity index (χ1n) is 11.1. The maximum Gasteiger partial charge on any atom is 0.360 e. The summed E-state index contributed by atoms with van der Waals surface area (Å²) in [5.74, 6) is -2.11. The number of carboxylic acids is 1. The van der Waals surface area contributed by atoms with Gasteiger partial charge in [0.1, 0.15) is 11.2 Å². The Morgan fingerprint density at radius 2 is 1.42 bits per heavy atom. The van der Waals surface area contributed by atoms with Crippen LogP contribution in [0.1, 0.15) is 29.3 Å². The van der Waals surface area contributed by atoms with Crippen LogP contribution in [-0.4, -0.2) is 33.8 Å². The van der Waals surface area contributed by atoms with E-state index in [9.17, 15) is 14.7 Å². The first kappa shape index (κ1) is 24.6. The molecule has 4 N–H and O–H groups in total. The number of aromatic nitrogens is 1. The molecule has 0 aliphatic rings. The Morgan fingerprint density at radius 1 is 0.944 bits per heavy atom. The van der Waals surface area contributed by atoms with Crippen LogP contribution < -0.4 is 11.1 Å². The minimum Gasteiger partial charge on any atom is -0.476 e. The van der Waals surface area contributed by atoms with Gasteiger partial charge in [-0.25, -0.2) is 9.78 Å². The van der Waals surface area contributed by atoms with Crippen LogP contribution in [0.5, 0.6) is 0 Å². The number of amides is 1. The smallest absolute Gasteiger partial charge is 0.360 e. The van der Waals surface area contributed by atoms with Crippen LogP contribution in [0, 0.1) is 0 Å². The molecule has 182 valence electrons. The second kappa shape index (κ2) is 10.8. The van der Waals surface area contributed by atoms with Crippen LogP contribution in [0.3, 0.4) is 0 Å². The number of nitrogens with zero attached hydrogens (tertiary/aromatic N) is 2. The molecule has 8 nitrogen and oxygen atoms in total. The summed E-state index contributed by atoms with van der Waals surface area (Å²) in [5.41, 5.74) is 6.94. The zero-order chi connectivity index (χ0) is 25.5. The lowest BCUT2D eigenvalue weighted by Crippen LogP contribution is -2.38. The van der Waals surface area contributed by atoms with Crippen molar-refractivity contribution in [3.8, 4) is 0 Å². The summed E-state index contributed by atoms with van der Waals surface area (Å²) in [6.07, 6.45) is -1.09. The number of rotatable bonds is 10. The van der Waals surface area contributed by atoms with Crippen molar-refractivity contribution in [2.24, 2.45) is 10.9 Å². The Labute approximate surface area is 212 Å². The Hall–Kier alpha value is -4.50. The third kappa shape index (κ3) is 5.11. The number of anilines is 1. The molecule has 0 saturated carbocycles. The highest BCUT2D eigenvalue weighted by Gasteiger charge is 2.37. The van der Waals surface area contributed by atoms with Gasteiger partial charge in [0.05, 0.1) is 0 Å². The Balaban J connectivity index is 1.82. The third-order valence-electron chi connectivity index (χ3n) is 5.57. The van der Waals surface area contributed by atoms with E-state index >= 15 is 0 Å². The predicted molar refractivity (Wildman–Crippen MR) is 139 cm³/mol. The molecule has 1 atom stereocenters. The van der Waals surface area contributed by atoms with Crippen LogP contribution >= 0.6 is 11.3 Å². The number of aliphatic carboxylic acids is 1. The second-order valence-electron chi connectivity index (χ2n) is 7.91. The van der Waals surface area contributed by atoms with Gasteiger partial charge in [0.15, 0.2) is 5.13 Å². The van der Waals surface area contributed by atoms with Crippen molar-refractivity contribution in [1.29, 1.82) is 0 Å². The van der Waals surface area contributed by atoms with Crippen LogP contribution in [-0.2, 0) is 20.0 Å². The summed E-state index contributed by atoms with van der Waals surface area (Å²) in [6, 6.07) is 29.9. The zero-order valence-corrected chi connectivity index (χ0v) is 20.2. The van der Waals surface area contributed by atoms with E-state index in [4.69, 9.17) is 10.6 Å². The minimum absolute atomic E-state index is 0.0924. The molecule has 0 bridgehead atoms. The van der Waals surface area contributed by atoms with E-state index in [-0.39, 0.29) is 5.69 Å². The lowest BCUT2D eigenvalue weighted by atomic mass is 9.77. The topological polar surface area (TPSA) is 127 Å².